The molecule has 0 aromatic heterocycles. The number of hydrogen-bond acceptors (Lipinski definition) is 4. The maximum absolute atomic E-state index is 11.5. The molecule has 0 aliphatic carbocycles. The summed E-state index contributed by atoms with van der Waals surface area (Å²) in [6.07, 6.45) is -0.406. The number of nitrogens with one attached hydrogen (secondary N) is 1. The lowest BCUT2D eigenvalue weighted by molar-refractivity contribution is 0.0524. The van der Waals surface area contributed by atoms with E-state index in [1.165, 1.54) is 0 Å². The molecular formula is C14H29ClN4O2. The largest absolute Gasteiger partial charge is 0.444 e. The first-order valence-corrected chi connectivity index (χ1v) is 7.49. The van der Waals surface area contributed by atoms with Gasteiger partial charge in [0.1, 0.15) is 5.60 Å². The van der Waals surface area contributed by atoms with Gasteiger partial charge in [-0.1, -0.05) is 0 Å². The quantitative estimate of drug-likeness (QED) is 0.463. The zero-order valence-corrected chi connectivity index (χ0v) is 15.0. The summed E-state index contributed by atoms with van der Waals surface area (Å²) in [5.41, 5.74) is -0.477. The van der Waals surface area contributed by atoms with Crippen molar-refractivity contribution in [1.82, 2.24) is 15.1 Å². The summed E-state index contributed by atoms with van der Waals surface area (Å²) in [6, 6.07) is 0.306. The standard InChI is InChI=1S/C14H29ClN4O2/c1-11(2)19(7)12(15)17-10-18(6)9-8-16-13(20)21-14(3,4)5/h11H,8-10H2,1-7H3,(H,16,20). The van der Waals surface area contributed by atoms with Gasteiger partial charge in [0.05, 0.1) is 6.67 Å². The van der Waals surface area contributed by atoms with E-state index in [4.69, 9.17) is 16.3 Å². The second-order valence-electron chi connectivity index (χ2n) is 6.28. The SMILES string of the molecule is CC(C)N(C)C(Cl)=NCN(C)CCNC(=O)OC(C)(C)C. The molecule has 0 bridgehead atoms. The highest BCUT2D eigenvalue weighted by molar-refractivity contribution is 6.64. The van der Waals surface area contributed by atoms with Crippen LogP contribution >= 0.6 is 11.6 Å². The van der Waals surface area contributed by atoms with Gasteiger partial charge in [-0.05, 0) is 53.3 Å². The number of amidine groups is 1. The zero-order valence-electron chi connectivity index (χ0n) is 14.2. The van der Waals surface area contributed by atoms with Crippen molar-refractivity contribution in [1.29, 1.82) is 0 Å². The number of halogens is 1. The van der Waals surface area contributed by atoms with Crippen LogP contribution in [-0.4, -0.2) is 66.7 Å². The van der Waals surface area contributed by atoms with Gasteiger partial charge < -0.3 is 15.0 Å². The summed E-state index contributed by atoms with van der Waals surface area (Å²) in [5, 5.41) is 3.19. The minimum atomic E-state index is -0.477. The van der Waals surface area contributed by atoms with Crippen LogP contribution in [0.5, 0.6) is 0 Å². The molecule has 6 nitrogen and oxygen atoms in total. The second kappa shape index (κ2) is 9.10. The van der Waals surface area contributed by atoms with Crippen LogP contribution in [0, 0.1) is 0 Å². The van der Waals surface area contributed by atoms with Crippen molar-refractivity contribution in [2.75, 3.05) is 33.9 Å². The average Bonchev–Trinajstić information content (AvgIpc) is 2.32. The fourth-order valence-corrected chi connectivity index (χ4v) is 1.49. The third kappa shape index (κ3) is 10.4. The lowest BCUT2D eigenvalue weighted by atomic mass is 10.2. The molecule has 0 atom stereocenters. The minimum Gasteiger partial charge on any atom is -0.444 e. The first kappa shape index (κ1) is 20.0. The maximum Gasteiger partial charge on any atom is 0.407 e. The Kier molecular flexibility index (Phi) is 8.66. The predicted octanol–water partition coefficient (Wildman–Crippen LogP) is 2.34. The highest BCUT2D eigenvalue weighted by Crippen LogP contribution is 2.06. The minimum absolute atomic E-state index is 0.306. The molecule has 0 aliphatic heterocycles. The van der Waals surface area contributed by atoms with Crippen molar-refractivity contribution in [2.45, 2.75) is 46.3 Å². The van der Waals surface area contributed by atoms with Gasteiger partial charge in [-0.3, -0.25) is 4.90 Å². The molecule has 1 N–H and O–H groups in total. The van der Waals surface area contributed by atoms with Gasteiger partial charge in [-0.2, -0.15) is 0 Å². The van der Waals surface area contributed by atoms with E-state index < -0.39 is 11.7 Å². The van der Waals surface area contributed by atoms with Crippen molar-refractivity contribution < 1.29 is 9.53 Å². The smallest absolute Gasteiger partial charge is 0.407 e. The van der Waals surface area contributed by atoms with Gasteiger partial charge in [0.25, 0.3) is 0 Å². The summed E-state index contributed by atoms with van der Waals surface area (Å²) >= 11 is 6.09. The normalized spacial score (nSPS) is 12.8. The van der Waals surface area contributed by atoms with Crippen LogP contribution in [0.15, 0.2) is 4.99 Å². The molecule has 0 heterocycles. The van der Waals surface area contributed by atoms with E-state index in [0.29, 0.717) is 31.1 Å². The Morgan fingerprint density at radius 2 is 1.90 bits per heavy atom. The molecule has 0 unspecified atom stereocenters. The zero-order chi connectivity index (χ0) is 16.6. The molecule has 1 amide bonds. The van der Waals surface area contributed by atoms with E-state index in [0.717, 1.165) is 0 Å². The molecule has 0 aromatic rings. The Morgan fingerprint density at radius 1 is 1.33 bits per heavy atom. The summed E-state index contributed by atoms with van der Waals surface area (Å²) in [7, 11) is 3.82. The summed E-state index contributed by atoms with van der Waals surface area (Å²) in [4.78, 5) is 19.6. The highest BCUT2D eigenvalue weighted by Gasteiger charge is 2.15. The number of aliphatic imine (C=N–C) groups is 1. The van der Waals surface area contributed by atoms with Crippen LogP contribution in [0.2, 0.25) is 0 Å². The Hall–Kier alpha value is -1.01. The maximum atomic E-state index is 11.5. The third-order valence-electron chi connectivity index (χ3n) is 2.67. The van der Waals surface area contributed by atoms with E-state index in [2.05, 4.69) is 10.3 Å². The van der Waals surface area contributed by atoms with Crippen molar-refractivity contribution in [3.8, 4) is 0 Å². The predicted molar refractivity (Wildman–Crippen MR) is 87.9 cm³/mol. The van der Waals surface area contributed by atoms with Crippen LogP contribution in [0.4, 0.5) is 4.79 Å². The van der Waals surface area contributed by atoms with Crippen LogP contribution < -0.4 is 5.32 Å². The van der Waals surface area contributed by atoms with Crippen LogP contribution in [0.25, 0.3) is 0 Å². The number of carbonyl (C=O) groups is 1. The number of amides is 1. The summed E-state index contributed by atoms with van der Waals surface area (Å²) in [5.74, 6) is 0. The fourth-order valence-electron chi connectivity index (χ4n) is 1.24. The van der Waals surface area contributed by atoms with E-state index in [1.54, 1.807) is 0 Å². The molecule has 0 saturated heterocycles. The molecule has 21 heavy (non-hydrogen) atoms. The van der Waals surface area contributed by atoms with Crippen LogP contribution in [0.3, 0.4) is 0 Å². The topological polar surface area (TPSA) is 57.2 Å². The Balaban J connectivity index is 3.99. The van der Waals surface area contributed by atoms with Gasteiger partial charge in [-0.25, -0.2) is 9.79 Å². The van der Waals surface area contributed by atoms with Crippen molar-refractivity contribution in [3.63, 3.8) is 0 Å². The molecule has 0 spiro atoms. The van der Waals surface area contributed by atoms with Gasteiger partial charge in [0, 0.05) is 26.2 Å². The average molecular weight is 321 g/mol. The number of carbonyl (C=O) groups excluding carboxylic acids is 1. The van der Waals surface area contributed by atoms with Crippen LogP contribution in [0.1, 0.15) is 34.6 Å². The van der Waals surface area contributed by atoms with E-state index in [1.807, 2.05) is 58.5 Å². The Labute approximate surface area is 133 Å². The molecule has 0 aromatic carbocycles. The Morgan fingerprint density at radius 3 is 2.38 bits per heavy atom. The number of alkyl carbamates (subject to hydrolysis) is 1. The van der Waals surface area contributed by atoms with Gasteiger partial charge in [-0.15, -0.1) is 0 Å². The number of rotatable bonds is 6. The first-order chi connectivity index (χ1) is 9.53. The second-order valence-corrected chi connectivity index (χ2v) is 6.62. The first-order valence-electron chi connectivity index (χ1n) is 7.11. The molecular weight excluding hydrogens is 292 g/mol. The molecule has 0 aliphatic rings. The third-order valence-corrected chi connectivity index (χ3v) is 3.06. The molecule has 0 rings (SSSR count). The van der Waals surface area contributed by atoms with E-state index in [9.17, 15) is 4.79 Å². The number of nitrogens with zero attached hydrogens (tertiary/aromatic N) is 3. The van der Waals surface area contributed by atoms with Crippen molar-refractivity contribution in [3.05, 3.63) is 0 Å². The molecule has 0 radical (unpaired) electrons. The number of likely N-dealkylation sites (N-methyl/N-ethyl adjacent to an activating group) is 1. The van der Waals surface area contributed by atoms with Crippen molar-refractivity contribution in [2.24, 2.45) is 4.99 Å². The Bertz CT molecular complexity index is 353. The lowest BCUT2D eigenvalue weighted by Gasteiger charge is -2.22. The summed E-state index contributed by atoms with van der Waals surface area (Å²) in [6.45, 7) is 11.2. The van der Waals surface area contributed by atoms with Gasteiger partial charge >= 0.3 is 6.09 Å². The number of ether oxygens (including phenoxy) is 1. The van der Waals surface area contributed by atoms with Gasteiger partial charge in [0.2, 0.25) is 0 Å². The molecule has 0 fully saturated rings. The van der Waals surface area contributed by atoms with E-state index >= 15 is 0 Å². The van der Waals surface area contributed by atoms with Crippen LogP contribution in [-0.2, 0) is 4.74 Å². The molecule has 0 saturated carbocycles. The molecule has 124 valence electrons. The number of hydrogen-bond donors (Lipinski definition) is 1. The van der Waals surface area contributed by atoms with Gasteiger partial charge in [0.15, 0.2) is 5.29 Å². The highest BCUT2D eigenvalue weighted by atomic mass is 35.5. The lowest BCUT2D eigenvalue weighted by Crippen LogP contribution is -2.37. The summed E-state index contributed by atoms with van der Waals surface area (Å²) < 4.78 is 5.15. The van der Waals surface area contributed by atoms with Crippen molar-refractivity contribution >= 4 is 23.0 Å². The molecule has 7 heteroatoms. The van der Waals surface area contributed by atoms with E-state index in [-0.39, 0.29) is 0 Å². The fraction of sp³-hybridized carbons (Fsp3) is 0.857. The monoisotopic (exact) mass is 320 g/mol.